The summed E-state index contributed by atoms with van der Waals surface area (Å²) in [5.41, 5.74) is 5.73. The van der Waals surface area contributed by atoms with Gasteiger partial charge >= 0.3 is 0 Å². The Bertz CT molecular complexity index is 936. The number of hydrogen-bond donors (Lipinski definition) is 2. The van der Waals surface area contributed by atoms with Gasteiger partial charge in [-0.05, 0) is 48.9 Å². The molecule has 2 heterocycles. The van der Waals surface area contributed by atoms with Crippen LogP contribution in [-0.2, 0) is 12.8 Å². The van der Waals surface area contributed by atoms with Crippen molar-refractivity contribution in [2.75, 3.05) is 18.5 Å². The lowest BCUT2D eigenvalue weighted by molar-refractivity contribution is 0.292. The van der Waals surface area contributed by atoms with Crippen molar-refractivity contribution in [2.24, 2.45) is 0 Å². The van der Waals surface area contributed by atoms with E-state index in [2.05, 4.69) is 15.8 Å². The lowest BCUT2D eigenvalue weighted by atomic mass is 10.1. The molecule has 116 valence electrons. The number of para-hydroxylation sites is 2. The lowest BCUT2D eigenvalue weighted by Gasteiger charge is -2.16. The first-order valence-electron chi connectivity index (χ1n) is 8.05. The van der Waals surface area contributed by atoms with Gasteiger partial charge in [-0.3, -0.25) is 4.40 Å². The van der Waals surface area contributed by atoms with E-state index in [0.717, 1.165) is 47.3 Å². The number of aromatic nitrogens is 2. The maximum absolute atomic E-state index is 9.67. The Morgan fingerprint density at radius 2 is 2.09 bits per heavy atom. The van der Waals surface area contributed by atoms with Crippen molar-refractivity contribution in [2.45, 2.75) is 25.7 Å². The Labute approximate surface area is 134 Å². The van der Waals surface area contributed by atoms with E-state index < -0.39 is 0 Å². The minimum atomic E-state index is 0.166. The van der Waals surface area contributed by atoms with Crippen LogP contribution in [0.4, 0.5) is 5.82 Å². The maximum atomic E-state index is 9.67. The Morgan fingerprint density at radius 3 is 2.91 bits per heavy atom. The highest BCUT2D eigenvalue weighted by Gasteiger charge is 2.25. The molecule has 0 bridgehead atoms. The summed E-state index contributed by atoms with van der Waals surface area (Å²) in [6, 6.07) is 10.3. The zero-order valence-corrected chi connectivity index (χ0v) is 12.8. The fraction of sp³-hybridized carbons (Fsp3) is 0.333. The first kappa shape index (κ1) is 14.0. The summed E-state index contributed by atoms with van der Waals surface area (Å²) in [5.74, 6) is 1.04. The van der Waals surface area contributed by atoms with E-state index in [1.54, 1.807) is 0 Å². The van der Waals surface area contributed by atoms with Gasteiger partial charge in [0.25, 0.3) is 0 Å². The lowest BCUT2D eigenvalue weighted by Crippen LogP contribution is -2.11. The third-order valence-corrected chi connectivity index (χ3v) is 4.55. The Morgan fingerprint density at radius 1 is 1.26 bits per heavy atom. The second-order valence-corrected chi connectivity index (χ2v) is 5.91. The van der Waals surface area contributed by atoms with Crippen LogP contribution >= 0.6 is 0 Å². The zero-order chi connectivity index (χ0) is 15.8. The van der Waals surface area contributed by atoms with Crippen molar-refractivity contribution < 1.29 is 5.11 Å². The van der Waals surface area contributed by atoms with Crippen LogP contribution in [0.2, 0.25) is 0 Å². The minimum Gasteiger partial charge on any atom is -0.396 e. The van der Waals surface area contributed by atoms with E-state index in [4.69, 9.17) is 10.1 Å². The van der Waals surface area contributed by atoms with Crippen LogP contribution < -0.4 is 5.32 Å². The molecule has 0 atom stereocenters. The molecule has 0 amide bonds. The molecule has 23 heavy (non-hydrogen) atoms. The number of aliphatic hydroxyl groups is 1. The molecule has 1 aliphatic carbocycles. The molecule has 0 radical (unpaired) electrons. The van der Waals surface area contributed by atoms with Gasteiger partial charge < -0.3 is 10.4 Å². The minimum absolute atomic E-state index is 0.166. The molecule has 2 N–H and O–H groups in total. The number of rotatable bonds is 4. The molecular weight excluding hydrogens is 288 g/mol. The van der Waals surface area contributed by atoms with Gasteiger partial charge in [0.2, 0.25) is 0 Å². The summed E-state index contributed by atoms with van der Waals surface area (Å²) in [6.45, 7) is 0.871. The average Bonchev–Trinajstić information content (AvgIpc) is 3.19. The number of nitrogens with one attached hydrogen (secondary N) is 1. The summed E-state index contributed by atoms with van der Waals surface area (Å²) >= 11 is 0. The second kappa shape index (κ2) is 5.56. The van der Waals surface area contributed by atoms with Gasteiger partial charge in [0, 0.05) is 13.2 Å². The summed E-state index contributed by atoms with van der Waals surface area (Å²) in [6.07, 6.45) is 3.69. The number of nitriles is 1. The van der Waals surface area contributed by atoms with Crippen LogP contribution in [0.15, 0.2) is 24.3 Å². The van der Waals surface area contributed by atoms with Gasteiger partial charge in [0.05, 0.1) is 16.6 Å². The highest BCUT2D eigenvalue weighted by molar-refractivity contribution is 5.86. The van der Waals surface area contributed by atoms with Crippen LogP contribution in [-0.4, -0.2) is 27.6 Å². The molecular formula is C18H18N4O. The van der Waals surface area contributed by atoms with E-state index in [1.165, 1.54) is 5.56 Å². The maximum Gasteiger partial charge on any atom is 0.157 e. The molecule has 3 aromatic rings. The number of imidazole rings is 1. The van der Waals surface area contributed by atoms with Gasteiger partial charge in [-0.15, -0.1) is 0 Å². The molecule has 0 aliphatic heterocycles. The van der Waals surface area contributed by atoms with Crippen LogP contribution in [0.25, 0.3) is 16.7 Å². The van der Waals surface area contributed by atoms with Crippen molar-refractivity contribution in [3.63, 3.8) is 0 Å². The summed E-state index contributed by atoms with van der Waals surface area (Å²) in [4.78, 5) is 4.70. The van der Waals surface area contributed by atoms with E-state index in [-0.39, 0.29) is 6.61 Å². The normalized spacial score (nSPS) is 13.4. The molecule has 5 heteroatoms. The zero-order valence-electron chi connectivity index (χ0n) is 12.8. The second-order valence-electron chi connectivity index (χ2n) is 5.91. The monoisotopic (exact) mass is 306 g/mol. The van der Waals surface area contributed by atoms with E-state index in [1.807, 2.05) is 24.3 Å². The molecule has 0 fully saturated rings. The van der Waals surface area contributed by atoms with Gasteiger partial charge in [0.1, 0.15) is 11.9 Å². The number of nitrogens with zero attached hydrogens (tertiary/aromatic N) is 3. The van der Waals surface area contributed by atoms with Gasteiger partial charge in [-0.2, -0.15) is 5.26 Å². The van der Waals surface area contributed by atoms with Crippen LogP contribution in [0.5, 0.6) is 0 Å². The van der Waals surface area contributed by atoms with Gasteiger partial charge in [-0.25, -0.2) is 4.98 Å². The number of aliphatic hydroxyl groups excluding tert-OH is 1. The Kier molecular flexibility index (Phi) is 3.40. The molecule has 2 aromatic heterocycles. The van der Waals surface area contributed by atoms with Crippen molar-refractivity contribution in [3.8, 4) is 6.07 Å². The van der Waals surface area contributed by atoms with E-state index >= 15 is 0 Å². The molecule has 0 saturated carbocycles. The van der Waals surface area contributed by atoms with Crippen molar-refractivity contribution in [3.05, 3.63) is 41.0 Å². The van der Waals surface area contributed by atoms with Crippen molar-refractivity contribution >= 4 is 22.5 Å². The predicted molar refractivity (Wildman–Crippen MR) is 89.6 cm³/mol. The van der Waals surface area contributed by atoms with E-state index in [9.17, 15) is 5.26 Å². The third kappa shape index (κ3) is 2.07. The number of hydrogen-bond acceptors (Lipinski definition) is 4. The predicted octanol–water partition coefficient (Wildman–Crippen LogP) is 2.64. The smallest absolute Gasteiger partial charge is 0.157 e. The number of fused-ring (bicyclic) bond motifs is 4. The molecule has 5 nitrogen and oxygen atoms in total. The largest absolute Gasteiger partial charge is 0.396 e. The van der Waals surface area contributed by atoms with Gasteiger partial charge in [0.15, 0.2) is 5.65 Å². The summed E-state index contributed by atoms with van der Waals surface area (Å²) < 4.78 is 2.08. The van der Waals surface area contributed by atoms with Gasteiger partial charge in [-0.1, -0.05) is 12.1 Å². The Hall–Kier alpha value is -2.58. The fourth-order valence-corrected chi connectivity index (χ4v) is 3.56. The quantitative estimate of drug-likeness (QED) is 0.727. The van der Waals surface area contributed by atoms with Crippen LogP contribution in [0.3, 0.4) is 0 Å². The topological polar surface area (TPSA) is 73.3 Å². The molecule has 0 spiro atoms. The SMILES string of the molecule is N#Cc1c2c(c(NCCCO)n3c1nc1ccccc13)CCC2. The van der Waals surface area contributed by atoms with Crippen molar-refractivity contribution in [1.29, 1.82) is 5.26 Å². The Balaban J connectivity index is 2.06. The van der Waals surface area contributed by atoms with Crippen LogP contribution in [0.1, 0.15) is 29.5 Å². The summed E-state index contributed by atoms with van der Waals surface area (Å²) in [7, 11) is 0. The molecule has 4 rings (SSSR count). The molecule has 0 unspecified atom stereocenters. The molecule has 0 saturated heterocycles. The number of pyridine rings is 1. The highest BCUT2D eigenvalue weighted by atomic mass is 16.3. The highest BCUT2D eigenvalue weighted by Crippen LogP contribution is 2.36. The molecule has 1 aliphatic rings. The van der Waals surface area contributed by atoms with Crippen molar-refractivity contribution in [1.82, 2.24) is 9.38 Å². The first-order chi connectivity index (χ1) is 11.3. The molecule has 1 aromatic carbocycles. The number of anilines is 1. The summed E-state index contributed by atoms with van der Waals surface area (Å²) in [5, 5.41) is 22.2. The standard InChI is InChI=1S/C18H18N4O/c19-11-14-12-5-3-6-13(12)17(20-9-4-10-23)22-16-8-2-1-7-15(16)21-18(14)22/h1-2,7-8,20,23H,3-6,9-10H2. The number of benzene rings is 1. The first-order valence-corrected chi connectivity index (χ1v) is 8.05. The third-order valence-electron chi connectivity index (χ3n) is 4.55. The van der Waals surface area contributed by atoms with E-state index in [0.29, 0.717) is 18.5 Å². The fourth-order valence-electron chi connectivity index (χ4n) is 3.56. The van der Waals surface area contributed by atoms with Crippen LogP contribution in [0, 0.1) is 11.3 Å². The average molecular weight is 306 g/mol.